The molecule has 2 aromatic heterocycles. The predicted octanol–water partition coefficient (Wildman–Crippen LogP) is 3.35. The zero-order chi connectivity index (χ0) is 19.4. The van der Waals surface area contributed by atoms with Crippen LogP contribution in [0.25, 0.3) is 11.2 Å². The highest BCUT2D eigenvalue weighted by Crippen LogP contribution is 2.22. The highest BCUT2D eigenvalue weighted by molar-refractivity contribution is 7.82. The number of nitrogens with zero attached hydrogens (tertiary/aromatic N) is 4. The van der Waals surface area contributed by atoms with E-state index < -0.39 is 0 Å². The summed E-state index contributed by atoms with van der Waals surface area (Å²) in [5, 5.41) is 5.73. The molecule has 27 heavy (non-hydrogen) atoms. The van der Waals surface area contributed by atoms with E-state index in [-0.39, 0.29) is 11.8 Å². The van der Waals surface area contributed by atoms with E-state index in [1.165, 1.54) is 6.92 Å². The summed E-state index contributed by atoms with van der Waals surface area (Å²) in [6.45, 7) is 3.80. The Kier molecular flexibility index (Phi) is 5.51. The van der Waals surface area contributed by atoms with Crippen LogP contribution >= 0.6 is 12.8 Å². The van der Waals surface area contributed by atoms with Gasteiger partial charge in [-0.2, -0.15) is 0 Å². The van der Waals surface area contributed by atoms with Crippen LogP contribution in [0.15, 0.2) is 42.6 Å². The van der Waals surface area contributed by atoms with Gasteiger partial charge in [0.1, 0.15) is 11.3 Å². The maximum Gasteiger partial charge on any atom is 0.333 e. The number of amides is 2. The number of nitrogens with one attached hydrogen (secondary N) is 2. The first-order valence-corrected chi connectivity index (χ1v) is 8.67. The van der Waals surface area contributed by atoms with Crippen molar-refractivity contribution in [2.45, 2.75) is 13.8 Å². The van der Waals surface area contributed by atoms with Gasteiger partial charge < -0.3 is 10.6 Å². The molecule has 8 nitrogen and oxygen atoms in total. The van der Waals surface area contributed by atoms with Crippen molar-refractivity contribution in [2.24, 2.45) is 0 Å². The van der Waals surface area contributed by atoms with Crippen molar-refractivity contribution in [3.8, 4) is 0 Å². The van der Waals surface area contributed by atoms with Gasteiger partial charge in [0.15, 0.2) is 17.2 Å². The SMILES string of the molecule is CCNC(=O)N(S)c1ccc2ncc(Nc3ccccc3C(C)=O)nc2n1. The molecule has 2 heterocycles. The fourth-order valence-electron chi connectivity index (χ4n) is 2.43. The van der Waals surface area contributed by atoms with Crippen molar-refractivity contribution in [3.63, 3.8) is 0 Å². The number of Topliss-reactive ketones (excluding diaryl/α,β-unsaturated/α-hetero) is 1. The highest BCUT2D eigenvalue weighted by Gasteiger charge is 2.14. The van der Waals surface area contributed by atoms with Gasteiger partial charge in [0.05, 0.1) is 11.9 Å². The standard InChI is InChI=1S/C18H18N6O2S/c1-3-19-18(26)24(27)16-9-8-14-17(23-16)22-15(10-20-14)21-13-7-5-4-6-12(13)11(2)25/h4-10,27H,3H2,1-2H3,(H,19,26)(H,21,22,23). The van der Waals surface area contributed by atoms with Crippen LogP contribution in [0, 0.1) is 0 Å². The number of anilines is 3. The predicted molar refractivity (Wildman–Crippen MR) is 108 cm³/mol. The van der Waals surface area contributed by atoms with E-state index in [1.807, 2.05) is 13.0 Å². The second kappa shape index (κ2) is 8.00. The minimum atomic E-state index is -0.384. The lowest BCUT2D eigenvalue weighted by Gasteiger charge is -2.15. The molecule has 0 aliphatic heterocycles. The molecule has 0 atom stereocenters. The Morgan fingerprint density at radius 3 is 2.67 bits per heavy atom. The number of benzene rings is 1. The molecule has 0 bridgehead atoms. The molecular weight excluding hydrogens is 364 g/mol. The summed E-state index contributed by atoms with van der Waals surface area (Å²) in [5.41, 5.74) is 2.11. The molecule has 3 aromatic rings. The lowest BCUT2D eigenvalue weighted by molar-refractivity contribution is 0.101. The van der Waals surface area contributed by atoms with Gasteiger partial charge in [0.25, 0.3) is 0 Å². The number of thiol groups is 1. The van der Waals surface area contributed by atoms with Crippen LogP contribution in [-0.2, 0) is 0 Å². The number of fused-ring (bicyclic) bond motifs is 1. The van der Waals surface area contributed by atoms with Crippen molar-refractivity contribution in [1.29, 1.82) is 0 Å². The molecule has 0 radical (unpaired) electrons. The third kappa shape index (κ3) is 4.14. The van der Waals surface area contributed by atoms with Crippen molar-refractivity contribution >= 4 is 53.1 Å². The van der Waals surface area contributed by atoms with Crippen molar-refractivity contribution in [2.75, 3.05) is 16.2 Å². The van der Waals surface area contributed by atoms with Crippen LogP contribution in [0.1, 0.15) is 24.2 Å². The number of aromatic nitrogens is 3. The van der Waals surface area contributed by atoms with Crippen LogP contribution < -0.4 is 14.9 Å². The fourth-order valence-corrected chi connectivity index (χ4v) is 2.62. The molecule has 3 rings (SSSR count). The number of urea groups is 1. The molecule has 0 unspecified atom stereocenters. The number of carbonyl (C=O) groups excluding carboxylic acids is 2. The number of rotatable bonds is 5. The van der Waals surface area contributed by atoms with E-state index in [0.29, 0.717) is 40.6 Å². The molecule has 9 heteroatoms. The molecule has 0 aliphatic carbocycles. The van der Waals surface area contributed by atoms with Crippen LogP contribution in [0.2, 0.25) is 0 Å². The average Bonchev–Trinajstić information content (AvgIpc) is 2.67. The summed E-state index contributed by atoms with van der Waals surface area (Å²) in [6, 6.07) is 10.1. The number of hydrogen-bond acceptors (Lipinski definition) is 7. The summed E-state index contributed by atoms with van der Waals surface area (Å²) in [5.74, 6) is 0.705. The van der Waals surface area contributed by atoms with Gasteiger partial charge in [0, 0.05) is 12.1 Å². The smallest absolute Gasteiger partial charge is 0.333 e. The lowest BCUT2D eigenvalue weighted by Crippen LogP contribution is -2.34. The minimum Gasteiger partial charge on any atom is -0.338 e. The zero-order valence-electron chi connectivity index (χ0n) is 14.8. The topological polar surface area (TPSA) is 100 Å². The second-order valence-corrected chi connectivity index (χ2v) is 6.04. The monoisotopic (exact) mass is 382 g/mol. The average molecular weight is 382 g/mol. The Hall–Kier alpha value is -3.20. The third-order valence-corrected chi connectivity index (χ3v) is 4.09. The van der Waals surface area contributed by atoms with Crippen LogP contribution in [-0.4, -0.2) is 33.3 Å². The van der Waals surface area contributed by atoms with E-state index in [4.69, 9.17) is 0 Å². The molecule has 1 aromatic carbocycles. The Morgan fingerprint density at radius 2 is 1.93 bits per heavy atom. The molecule has 0 spiro atoms. The van der Waals surface area contributed by atoms with Gasteiger partial charge in [-0.3, -0.25) is 4.79 Å². The number of pyridine rings is 1. The van der Waals surface area contributed by atoms with E-state index in [0.717, 1.165) is 4.31 Å². The first-order chi connectivity index (χ1) is 13.0. The van der Waals surface area contributed by atoms with Gasteiger partial charge in [-0.1, -0.05) is 24.9 Å². The van der Waals surface area contributed by atoms with Crippen LogP contribution in [0.5, 0.6) is 0 Å². The molecule has 0 saturated carbocycles. The Bertz CT molecular complexity index is 1010. The summed E-state index contributed by atoms with van der Waals surface area (Å²) < 4.78 is 1.11. The highest BCUT2D eigenvalue weighted by atomic mass is 32.1. The normalized spacial score (nSPS) is 10.5. The quantitative estimate of drug-likeness (QED) is 0.462. The maximum absolute atomic E-state index is 11.9. The van der Waals surface area contributed by atoms with E-state index in [9.17, 15) is 9.59 Å². The molecule has 0 fully saturated rings. The molecule has 2 N–H and O–H groups in total. The van der Waals surface area contributed by atoms with Gasteiger partial charge >= 0.3 is 6.03 Å². The van der Waals surface area contributed by atoms with Crippen LogP contribution in [0.3, 0.4) is 0 Å². The van der Waals surface area contributed by atoms with Gasteiger partial charge in [-0.15, -0.1) is 0 Å². The Morgan fingerprint density at radius 1 is 1.15 bits per heavy atom. The number of ketones is 1. The summed E-state index contributed by atoms with van der Waals surface area (Å²) in [6.07, 6.45) is 1.56. The summed E-state index contributed by atoms with van der Waals surface area (Å²) in [7, 11) is 0. The molecular formula is C18H18N6O2S. The Labute approximate surface area is 161 Å². The molecule has 0 saturated heterocycles. The largest absolute Gasteiger partial charge is 0.338 e. The number of carbonyl (C=O) groups is 2. The maximum atomic E-state index is 11.9. The molecule has 2 amide bonds. The van der Waals surface area contributed by atoms with E-state index in [2.05, 4.69) is 38.4 Å². The first-order valence-electron chi connectivity index (χ1n) is 8.27. The van der Waals surface area contributed by atoms with Gasteiger partial charge in [-0.25, -0.2) is 24.1 Å². The number of para-hydroxylation sites is 1. The third-order valence-electron chi connectivity index (χ3n) is 3.70. The molecule has 138 valence electrons. The van der Waals surface area contributed by atoms with Crippen molar-refractivity contribution in [3.05, 3.63) is 48.2 Å². The van der Waals surface area contributed by atoms with E-state index >= 15 is 0 Å². The first kappa shape index (κ1) is 18.6. The van der Waals surface area contributed by atoms with Gasteiger partial charge in [0.2, 0.25) is 0 Å². The van der Waals surface area contributed by atoms with Crippen molar-refractivity contribution < 1.29 is 9.59 Å². The minimum absolute atomic E-state index is 0.0556. The zero-order valence-corrected chi connectivity index (χ0v) is 15.7. The summed E-state index contributed by atoms with van der Waals surface area (Å²) in [4.78, 5) is 36.8. The Balaban J connectivity index is 1.93. The van der Waals surface area contributed by atoms with Crippen LogP contribution in [0.4, 0.5) is 22.1 Å². The lowest BCUT2D eigenvalue weighted by atomic mass is 10.1. The number of hydrogen-bond donors (Lipinski definition) is 3. The summed E-state index contributed by atoms with van der Waals surface area (Å²) >= 11 is 4.17. The second-order valence-electron chi connectivity index (χ2n) is 5.64. The van der Waals surface area contributed by atoms with Gasteiger partial charge in [-0.05, 0) is 38.1 Å². The van der Waals surface area contributed by atoms with E-state index in [1.54, 1.807) is 36.5 Å². The van der Waals surface area contributed by atoms with Crippen molar-refractivity contribution in [1.82, 2.24) is 20.3 Å². The fraction of sp³-hybridized carbons (Fsp3) is 0.167. The molecule has 0 aliphatic rings.